The maximum atomic E-state index is 6.53. The van der Waals surface area contributed by atoms with Crippen LogP contribution < -0.4 is 19.5 Å². The highest BCUT2D eigenvalue weighted by atomic mass is 35.5. The maximum Gasteiger partial charge on any atom is 0.180 e. The number of ether oxygens (including phenoxy) is 3. The molecule has 0 amide bonds. The molecule has 0 aliphatic heterocycles. The summed E-state index contributed by atoms with van der Waals surface area (Å²) in [6.45, 7) is 4.39. The molecule has 0 radical (unpaired) electrons. The van der Waals surface area contributed by atoms with Gasteiger partial charge in [-0.1, -0.05) is 47.5 Å². The van der Waals surface area contributed by atoms with Crippen LogP contribution >= 0.6 is 23.2 Å². The zero-order chi connectivity index (χ0) is 22.1. The number of rotatable bonds is 11. The third-order valence-electron chi connectivity index (χ3n) is 4.74. The monoisotopic (exact) mass is 459 g/mol. The molecule has 0 aliphatic carbocycles. The van der Waals surface area contributed by atoms with Gasteiger partial charge in [0.05, 0.1) is 18.7 Å². The normalized spacial score (nSPS) is 10.7. The zero-order valence-corrected chi connectivity index (χ0v) is 19.3. The van der Waals surface area contributed by atoms with Gasteiger partial charge in [0, 0.05) is 11.6 Å². The number of halogens is 2. The minimum Gasteiger partial charge on any atom is -0.497 e. The van der Waals surface area contributed by atoms with E-state index in [0.717, 1.165) is 29.8 Å². The largest absolute Gasteiger partial charge is 0.497 e. The second-order valence-electron chi connectivity index (χ2n) is 7.03. The predicted molar refractivity (Wildman–Crippen MR) is 127 cm³/mol. The molecule has 0 saturated heterocycles. The van der Waals surface area contributed by atoms with Crippen LogP contribution in [0, 0.1) is 0 Å². The van der Waals surface area contributed by atoms with Gasteiger partial charge in [-0.15, -0.1) is 0 Å². The van der Waals surface area contributed by atoms with Crippen LogP contribution in [0.4, 0.5) is 0 Å². The molecule has 0 spiro atoms. The van der Waals surface area contributed by atoms with Crippen LogP contribution in [0.5, 0.6) is 17.2 Å². The van der Waals surface area contributed by atoms with E-state index in [0.29, 0.717) is 41.3 Å². The Kier molecular flexibility index (Phi) is 8.89. The molecular formula is C25H27Cl2NO3. The molecule has 0 unspecified atom stereocenters. The summed E-state index contributed by atoms with van der Waals surface area (Å²) in [6.07, 6.45) is 0.929. The molecule has 31 heavy (non-hydrogen) atoms. The minimum atomic E-state index is 0.385. The fraction of sp³-hybridized carbons (Fsp3) is 0.280. The van der Waals surface area contributed by atoms with Crippen molar-refractivity contribution in [3.63, 3.8) is 0 Å². The van der Waals surface area contributed by atoms with Crippen LogP contribution in [0.15, 0.2) is 60.7 Å². The first-order chi connectivity index (χ1) is 15.1. The van der Waals surface area contributed by atoms with Crippen molar-refractivity contribution >= 4 is 23.2 Å². The molecule has 0 bridgehead atoms. The first kappa shape index (κ1) is 23.3. The van der Waals surface area contributed by atoms with E-state index in [1.165, 1.54) is 5.56 Å². The topological polar surface area (TPSA) is 39.7 Å². The van der Waals surface area contributed by atoms with E-state index in [2.05, 4.69) is 17.4 Å². The van der Waals surface area contributed by atoms with Crippen LogP contribution in [0.25, 0.3) is 0 Å². The minimum absolute atomic E-state index is 0.385. The quantitative estimate of drug-likeness (QED) is 0.341. The molecule has 3 rings (SSSR count). The SMILES string of the molecule is CCOc1cc(CNCCc2ccc(OC)cc2)cc(Cl)c1OCc1ccc(Cl)cc1. The van der Waals surface area contributed by atoms with Crippen molar-refractivity contribution in [1.29, 1.82) is 0 Å². The molecule has 6 heteroatoms. The average Bonchev–Trinajstić information content (AvgIpc) is 2.78. The van der Waals surface area contributed by atoms with Gasteiger partial charge < -0.3 is 19.5 Å². The fourth-order valence-electron chi connectivity index (χ4n) is 3.12. The Morgan fingerprint density at radius 2 is 1.55 bits per heavy atom. The summed E-state index contributed by atoms with van der Waals surface area (Å²) in [5.41, 5.74) is 3.31. The third-order valence-corrected chi connectivity index (χ3v) is 5.28. The van der Waals surface area contributed by atoms with Gasteiger partial charge in [-0.05, 0) is 73.0 Å². The molecule has 1 N–H and O–H groups in total. The summed E-state index contributed by atoms with van der Waals surface area (Å²) in [7, 11) is 1.67. The molecule has 0 fully saturated rings. The Balaban J connectivity index is 1.58. The van der Waals surface area contributed by atoms with Crippen LogP contribution in [-0.2, 0) is 19.6 Å². The van der Waals surface area contributed by atoms with Crippen LogP contribution in [0.2, 0.25) is 10.0 Å². The molecule has 4 nitrogen and oxygen atoms in total. The van der Waals surface area contributed by atoms with E-state index < -0.39 is 0 Å². The van der Waals surface area contributed by atoms with Gasteiger partial charge in [-0.3, -0.25) is 0 Å². The standard InChI is InChI=1S/C25H27Cl2NO3/c1-3-30-24-15-20(16-28-13-12-18-6-10-22(29-2)11-7-18)14-23(27)25(24)31-17-19-4-8-21(26)9-5-19/h4-11,14-15,28H,3,12-13,16-17H2,1-2H3. The molecule has 3 aromatic carbocycles. The van der Waals surface area contributed by atoms with Gasteiger partial charge in [0.15, 0.2) is 11.5 Å². The Labute approximate surface area is 194 Å². The van der Waals surface area contributed by atoms with Gasteiger partial charge in [0.1, 0.15) is 12.4 Å². The van der Waals surface area contributed by atoms with Crippen LogP contribution in [0.1, 0.15) is 23.6 Å². The Bertz CT molecular complexity index is 960. The lowest BCUT2D eigenvalue weighted by Gasteiger charge is -2.16. The summed E-state index contributed by atoms with van der Waals surface area (Å²) in [4.78, 5) is 0. The zero-order valence-electron chi connectivity index (χ0n) is 17.8. The van der Waals surface area contributed by atoms with E-state index in [1.807, 2.05) is 55.5 Å². The lowest BCUT2D eigenvalue weighted by atomic mass is 10.1. The van der Waals surface area contributed by atoms with Crippen molar-refractivity contribution in [2.45, 2.75) is 26.5 Å². The lowest BCUT2D eigenvalue weighted by molar-refractivity contribution is 0.269. The van der Waals surface area contributed by atoms with Gasteiger partial charge >= 0.3 is 0 Å². The second-order valence-corrected chi connectivity index (χ2v) is 7.87. The summed E-state index contributed by atoms with van der Waals surface area (Å²) < 4.78 is 17.0. The first-order valence-electron chi connectivity index (χ1n) is 10.2. The molecule has 0 heterocycles. The molecule has 0 aliphatic rings. The van der Waals surface area contributed by atoms with Crippen molar-refractivity contribution < 1.29 is 14.2 Å². The van der Waals surface area contributed by atoms with Gasteiger partial charge in [-0.25, -0.2) is 0 Å². The predicted octanol–water partition coefficient (Wildman–Crippen LogP) is 6.31. The molecule has 3 aromatic rings. The van der Waals surface area contributed by atoms with E-state index >= 15 is 0 Å². The van der Waals surface area contributed by atoms with Crippen molar-refractivity contribution in [2.75, 3.05) is 20.3 Å². The number of nitrogens with one attached hydrogen (secondary N) is 1. The number of methoxy groups -OCH3 is 1. The summed E-state index contributed by atoms with van der Waals surface area (Å²) in [6, 6.07) is 19.6. The summed E-state index contributed by atoms with van der Waals surface area (Å²) in [5.74, 6) is 2.07. The van der Waals surface area contributed by atoms with Crippen molar-refractivity contribution in [3.05, 3.63) is 87.4 Å². The van der Waals surface area contributed by atoms with Crippen molar-refractivity contribution in [3.8, 4) is 17.2 Å². The average molecular weight is 460 g/mol. The summed E-state index contributed by atoms with van der Waals surface area (Å²) >= 11 is 12.5. The second kappa shape index (κ2) is 11.8. The van der Waals surface area contributed by atoms with Crippen LogP contribution in [-0.4, -0.2) is 20.3 Å². The Morgan fingerprint density at radius 3 is 2.23 bits per heavy atom. The third kappa shape index (κ3) is 7.06. The van der Waals surface area contributed by atoms with Gasteiger partial charge in [0.2, 0.25) is 0 Å². The van der Waals surface area contributed by atoms with Crippen molar-refractivity contribution in [2.24, 2.45) is 0 Å². The molecule has 164 valence electrons. The van der Waals surface area contributed by atoms with E-state index in [1.54, 1.807) is 7.11 Å². The van der Waals surface area contributed by atoms with E-state index in [9.17, 15) is 0 Å². The number of hydrogen-bond acceptors (Lipinski definition) is 4. The highest BCUT2D eigenvalue weighted by molar-refractivity contribution is 6.32. The van der Waals surface area contributed by atoms with Crippen molar-refractivity contribution in [1.82, 2.24) is 5.32 Å². The van der Waals surface area contributed by atoms with Crippen LogP contribution in [0.3, 0.4) is 0 Å². The maximum absolute atomic E-state index is 6.53. The van der Waals surface area contributed by atoms with E-state index in [-0.39, 0.29) is 0 Å². The molecular weight excluding hydrogens is 433 g/mol. The lowest BCUT2D eigenvalue weighted by Crippen LogP contribution is -2.17. The fourth-order valence-corrected chi connectivity index (χ4v) is 3.53. The molecule has 0 aromatic heterocycles. The Hall–Kier alpha value is -2.40. The first-order valence-corrected chi connectivity index (χ1v) is 11.0. The molecule has 0 atom stereocenters. The number of benzene rings is 3. The highest BCUT2D eigenvalue weighted by Gasteiger charge is 2.13. The Morgan fingerprint density at radius 1 is 0.839 bits per heavy atom. The molecule has 0 saturated carbocycles. The number of hydrogen-bond donors (Lipinski definition) is 1. The van der Waals surface area contributed by atoms with E-state index in [4.69, 9.17) is 37.4 Å². The van der Waals surface area contributed by atoms with Gasteiger partial charge in [0.25, 0.3) is 0 Å². The highest BCUT2D eigenvalue weighted by Crippen LogP contribution is 2.37. The smallest absolute Gasteiger partial charge is 0.180 e. The summed E-state index contributed by atoms with van der Waals surface area (Å²) in [5, 5.41) is 4.69. The van der Waals surface area contributed by atoms with Gasteiger partial charge in [-0.2, -0.15) is 0 Å².